The van der Waals surface area contributed by atoms with E-state index in [4.69, 9.17) is 9.47 Å². The molecule has 6 nitrogen and oxygen atoms in total. The summed E-state index contributed by atoms with van der Waals surface area (Å²) in [5.41, 5.74) is 0.348. The smallest absolute Gasteiger partial charge is 0.211 e. The minimum absolute atomic E-state index is 0.104. The van der Waals surface area contributed by atoms with Gasteiger partial charge in [0.2, 0.25) is 6.29 Å². The SMILES string of the molecule is COc1ccc([C@@H]2C(=O)c3c([O-])cc(O)cc3O[C@H]2O)cc1. The second-order valence-corrected chi connectivity index (χ2v) is 4.94. The number of aliphatic hydroxyl groups excluding tert-OH is 1. The molecule has 2 atom stereocenters. The lowest BCUT2D eigenvalue weighted by Gasteiger charge is -2.31. The van der Waals surface area contributed by atoms with Crippen LogP contribution >= 0.6 is 0 Å². The first-order valence-corrected chi connectivity index (χ1v) is 6.58. The largest absolute Gasteiger partial charge is 0.872 e. The minimum atomic E-state index is -1.44. The zero-order chi connectivity index (χ0) is 15.9. The van der Waals surface area contributed by atoms with Crippen molar-refractivity contribution in [2.24, 2.45) is 0 Å². The summed E-state index contributed by atoms with van der Waals surface area (Å²) in [6.45, 7) is 0. The number of Topliss-reactive ketones (excluding diaryl/α,β-unsaturated/α-hetero) is 1. The van der Waals surface area contributed by atoms with Crippen molar-refractivity contribution in [3.63, 3.8) is 0 Å². The number of hydrogen-bond donors (Lipinski definition) is 2. The van der Waals surface area contributed by atoms with E-state index < -0.39 is 23.7 Å². The molecule has 0 unspecified atom stereocenters. The van der Waals surface area contributed by atoms with Crippen LogP contribution in [0.4, 0.5) is 0 Å². The molecule has 0 spiro atoms. The summed E-state index contributed by atoms with van der Waals surface area (Å²) in [5, 5.41) is 31.4. The van der Waals surface area contributed by atoms with Crippen LogP contribution in [0.2, 0.25) is 0 Å². The third-order valence-corrected chi connectivity index (χ3v) is 3.59. The number of benzene rings is 2. The zero-order valence-corrected chi connectivity index (χ0v) is 11.6. The van der Waals surface area contributed by atoms with E-state index in [9.17, 15) is 20.1 Å². The molecule has 2 aromatic carbocycles. The summed E-state index contributed by atoms with van der Waals surface area (Å²) in [5.74, 6) is -1.99. The molecular formula is C16H13O6-. The van der Waals surface area contributed by atoms with E-state index in [1.54, 1.807) is 24.3 Å². The van der Waals surface area contributed by atoms with Crippen LogP contribution in [0.5, 0.6) is 23.0 Å². The van der Waals surface area contributed by atoms with Crippen molar-refractivity contribution in [2.45, 2.75) is 12.2 Å². The average molecular weight is 301 g/mol. The van der Waals surface area contributed by atoms with Crippen LogP contribution in [-0.2, 0) is 0 Å². The quantitative estimate of drug-likeness (QED) is 0.863. The number of hydrogen-bond acceptors (Lipinski definition) is 6. The van der Waals surface area contributed by atoms with E-state index in [0.29, 0.717) is 11.3 Å². The summed E-state index contributed by atoms with van der Waals surface area (Å²) < 4.78 is 10.3. The van der Waals surface area contributed by atoms with Crippen LogP contribution in [0, 0.1) is 0 Å². The van der Waals surface area contributed by atoms with Gasteiger partial charge in [0, 0.05) is 6.07 Å². The predicted octanol–water partition coefficient (Wildman–Crippen LogP) is 1.15. The van der Waals surface area contributed by atoms with Crippen molar-refractivity contribution in [1.29, 1.82) is 0 Å². The summed E-state index contributed by atoms with van der Waals surface area (Å²) in [7, 11) is 1.52. The van der Waals surface area contributed by atoms with Gasteiger partial charge in [-0.25, -0.2) is 0 Å². The van der Waals surface area contributed by atoms with Gasteiger partial charge in [0.05, 0.1) is 12.7 Å². The van der Waals surface area contributed by atoms with Crippen LogP contribution in [0.1, 0.15) is 21.8 Å². The lowest BCUT2D eigenvalue weighted by Crippen LogP contribution is -2.36. The fourth-order valence-electron chi connectivity index (χ4n) is 2.52. The molecular weight excluding hydrogens is 288 g/mol. The maximum atomic E-state index is 12.6. The Balaban J connectivity index is 2.04. The molecule has 6 heteroatoms. The van der Waals surface area contributed by atoms with E-state index in [1.807, 2.05) is 0 Å². The fourth-order valence-corrected chi connectivity index (χ4v) is 2.52. The van der Waals surface area contributed by atoms with Gasteiger partial charge in [-0.15, -0.1) is 0 Å². The molecule has 0 saturated heterocycles. The maximum Gasteiger partial charge on any atom is 0.211 e. The van der Waals surface area contributed by atoms with Crippen molar-refractivity contribution in [3.8, 4) is 23.0 Å². The number of methoxy groups -OCH3 is 1. The lowest BCUT2D eigenvalue weighted by atomic mass is 9.87. The molecule has 22 heavy (non-hydrogen) atoms. The van der Waals surface area contributed by atoms with E-state index >= 15 is 0 Å². The number of ketones is 1. The molecule has 0 fully saturated rings. The van der Waals surface area contributed by atoms with E-state index in [0.717, 1.165) is 12.1 Å². The number of aliphatic hydroxyl groups is 1. The Bertz CT molecular complexity index is 722. The normalized spacial score (nSPS) is 20.2. The molecule has 1 aliphatic rings. The van der Waals surface area contributed by atoms with Gasteiger partial charge in [-0.1, -0.05) is 17.9 Å². The van der Waals surface area contributed by atoms with Gasteiger partial charge in [0.1, 0.15) is 23.2 Å². The summed E-state index contributed by atoms with van der Waals surface area (Å²) >= 11 is 0. The molecule has 0 aliphatic carbocycles. The number of phenols is 1. The molecule has 1 aliphatic heterocycles. The third kappa shape index (κ3) is 2.23. The van der Waals surface area contributed by atoms with Gasteiger partial charge in [-0.05, 0) is 23.8 Å². The average Bonchev–Trinajstić information content (AvgIpc) is 2.46. The first-order valence-electron chi connectivity index (χ1n) is 6.58. The van der Waals surface area contributed by atoms with Gasteiger partial charge < -0.3 is 24.8 Å². The Morgan fingerprint density at radius 3 is 2.55 bits per heavy atom. The molecule has 0 radical (unpaired) electrons. The molecule has 2 N–H and O–H groups in total. The summed E-state index contributed by atoms with van der Waals surface area (Å²) in [4.78, 5) is 12.6. The fraction of sp³-hybridized carbons (Fsp3) is 0.188. The lowest BCUT2D eigenvalue weighted by molar-refractivity contribution is -0.269. The molecule has 1 heterocycles. The summed E-state index contributed by atoms with van der Waals surface area (Å²) in [6.07, 6.45) is -1.44. The molecule has 2 aromatic rings. The Hall–Kier alpha value is -2.73. The first kappa shape index (κ1) is 14.2. The van der Waals surface area contributed by atoms with Crippen molar-refractivity contribution >= 4 is 5.78 Å². The van der Waals surface area contributed by atoms with Crippen molar-refractivity contribution in [3.05, 3.63) is 47.5 Å². The van der Waals surface area contributed by atoms with Crippen LogP contribution in [0.15, 0.2) is 36.4 Å². The van der Waals surface area contributed by atoms with Crippen molar-refractivity contribution in [1.82, 2.24) is 0 Å². The zero-order valence-electron chi connectivity index (χ0n) is 11.6. The van der Waals surface area contributed by atoms with Crippen LogP contribution in [0.3, 0.4) is 0 Å². The molecule has 0 aromatic heterocycles. The maximum absolute atomic E-state index is 12.6. The molecule has 3 rings (SSSR count). The third-order valence-electron chi connectivity index (χ3n) is 3.59. The van der Waals surface area contributed by atoms with Crippen LogP contribution in [-0.4, -0.2) is 29.4 Å². The number of aromatic hydroxyl groups is 1. The Kier molecular flexibility index (Phi) is 3.38. The van der Waals surface area contributed by atoms with Gasteiger partial charge >= 0.3 is 0 Å². The second kappa shape index (κ2) is 5.23. The highest BCUT2D eigenvalue weighted by Gasteiger charge is 2.37. The molecule has 0 amide bonds. The van der Waals surface area contributed by atoms with Gasteiger partial charge in [0.15, 0.2) is 5.78 Å². The monoisotopic (exact) mass is 301 g/mol. The van der Waals surface area contributed by atoms with E-state index in [-0.39, 0.29) is 17.1 Å². The summed E-state index contributed by atoms with van der Waals surface area (Å²) in [6, 6.07) is 8.65. The second-order valence-electron chi connectivity index (χ2n) is 4.94. The minimum Gasteiger partial charge on any atom is -0.872 e. The topological polar surface area (TPSA) is 99.1 Å². The first-order chi connectivity index (χ1) is 10.5. The molecule has 114 valence electrons. The van der Waals surface area contributed by atoms with E-state index in [1.165, 1.54) is 7.11 Å². The molecule has 0 saturated carbocycles. The van der Waals surface area contributed by atoms with Gasteiger partial charge in [-0.3, -0.25) is 4.79 Å². The van der Waals surface area contributed by atoms with Crippen molar-refractivity contribution < 1.29 is 29.6 Å². The Morgan fingerprint density at radius 1 is 1.23 bits per heavy atom. The standard InChI is InChI=1S/C16H14O6/c1-21-10-4-2-8(3-5-10)13-15(19)14-11(18)6-9(17)7-12(14)22-16(13)20/h2-7,13,16-18,20H,1H3/p-1/t13-,16-/m1/s1. The number of carbonyl (C=O) groups is 1. The van der Waals surface area contributed by atoms with Gasteiger partial charge in [-0.2, -0.15) is 0 Å². The number of ether oxygens (including phenoxy) is 2. The van der Waals surface area contributed by atoms with Crippen LogP contribution in [0.25, 0.3) is 0 Å². The number of carbonyl (C=O) groups excluding carboxylic acids is 1. The Labute approximate surface area is 126 Å². The highest BCUT2D eigenvalue weighted by Crippen LogP contribution is 2.41. The molecule has 0 bridgehead atoms. The number of fused-ring (bicyclic) bond motifs is 1. The number of phenolic OH excluding ortho intramolecular Hbond substituents is 1. The predicted molar refractivity (Wildman–Crippen MR) is 74.3 cm³/mol. The van der Waals surface area contributed by atoms with Gasteiger partial charge in [0.25, 0.3) is 0 Å². The highest BCUT2D eigenvalue weighted by atomic mass is 16.6. The van der Waals surface area contributed by atoms with Crippen molar-refractivity contribution in [2.75, 3.05) is 7.11 Å². The van der Waals surface area contributed by atoms with Crippen LogP contribution < -0.4 is 14.6 Å². The van der Waals surface area contributed by atoms with E-state index in [2.05, 4.69) is 0 Å². The highest BCUT2D eigenvalue weighted by molar-refractivity contribution is 6.06. The Morgan fingerprint density at radius 2 is 1.91 bits per heavy atom. The number of rotatable bonds is 2.